The van der Waals surface area contributed by atoms with Crippen molar-refractivity contribution >= 4 is 17.7 Å². The summed E-state index contributed by atoms with van der Waals surface area (Å²) in [6, 6.07) is 0. The first kappa shape index (κ1) is 12.1. The average Bonchev–Trinajstić information content (AvgIpc) is 2.60. The van der Waals surface area contributed by atoms with E-state index in [2.05, 4.69) is 9.72 Å². The summed E-state index contributed by atoms with van der Waals surface area (Å²) < 4.78 is 6.48. The van der Waals surface area contributed by atoms with Gasteiger partial charge in [-0.1, -0.05) is 11.8 Å². The van der Waals surface area contributed by atoms with Crippen LogP contribution in [0.5, 0.6) is 0 Å². The van der Waals surface area contributed by atoms with Gasteiger partial charge in [0.2, 0.25) is 0 Å². The van der Waals surface area contributed by atoms with Gasteiger partial charge in [-0.3, -0.25) is 4.79 Å². The summed E-state index contributed by atoms with van der Waals surface area (Å²) in [7, 11) is 3.22. The van der Waals surface area contributed by atoms with Crippen LogP contribution in [0.25, 0.3) is 0 Å². The van der Waals surface area contributed by atoms with Gasteiger partial charge in [0.1, 0.15) is 5.54 Å². The van der Waals surface area contributed by atoms with Crippen molar-refractivity contribution in [2.45, 2.75) is 17.6 Å². The average molecular weight is 229 g/mol. The minimum absolute atomic E-state index is 0.413. The van der Waals surface area contributed by atoms with Gasteiger partial charge in [0.25, 0.3) is 0 Å². The molecule has 1 unspecified atom stereocenters. The number of methoxy groups -OCH3 is 1. The molecule has 1 atom stereocenters. The van der Waals surface area contributed by atoms with Gasteiger partial charge in [-0.25, -0.2) is 4.98 Å². The highest BCUT2D eigenvalue weighted by Gasteiger charge is 2.29. The van der Waals surface area contributed by atoms with E-state index in [-0.39, 0.29) is 0 Å². The number of esters is 1. The molecule has 0 amide bonds. The zero-order chi connectivity index (χ0) is 11.5. The van der Waals surface area contributed by atoms with Crippen LogP contribution in [0.1, 0.15) is 6.92 Å². The molecule has 1 aromatic rings. The molecule has 0 aromatic carbocycles. The van der Waals surface area contributed by atoms with Crippen molar-refractivity contribution < 1.29 is 9.53 Å². The Kier molecular flexibility index (Phi) is 3.76. The maximum atomic E-state index is 11.3. The van der Waals surface area contributed by atoms with E-state index in [4.69, 9.17) is 5.73 Å². The van der Waals surface area contributed by atoms with E-state index in [1.54, 1.807) is 13.1 Å². The number of aryl methyl sites for hydroxylation is 1. The fourth-order valence-corrected chi connectivity index (χ4v) is 1.94. The number of carbonyl (C=O) groups excluding carboxylic acids is 1. The highest BCUT2D eigenvalue weighted by atomic mass is 32.2. The first-order valence-corrected chi connectivity index (χ1v) is 5.43. The Morgan fingerprint density at radius 1 is 1.80 bits per heavy atom. The lowest BCUT2D eigenvalue weighted by Gasteiger charge is -2.20. The largest absolute Gasteiger partial charge is 0.468 e. The molecule has 0 aliphatic rings. The number of aromatic nitrogens is 2. The lowest BCUT2D eigenvalue weighted by atomic mass is 10.1. The second kappa shape index (κ2) is 4.67. The van der Waals surface area contributed by atoms with E-state index < -0.39 is 11.5 Å². The highest BCUT2D eigenvalue weighted by molar-refractivity contribution is 7.99. The number of hydrogen-bond acceptors (Lipinski definition) is 5. The van der Waals surface area contributed by atoms with Crippen molar-refractivity contribution in [3.05, 3.63) is 12.4 Å². The van der Waals surface area contributed by atoms with E-state index in [0.29, 0.717) is 5.75 Å². The Balaban J connectivity index is 2.57. The Bertz CT molecular complexity index is 349. The van der Waals surface area contributed by atoms with Gasteiger partial charge in [0, 0.05) is 25.2 Å². The molecule has 2 N–H and O–H groups in total. The number of rotatable bonds is 4. The first-order valence-electron chi connectivity index (χ1n) is 4.45. The van der Waals surface area contributed by atoms with Gasteiger partial charge in [-0.15, -0.1) is 0 Å². The van der Waals surface area contributed by atoms with E-state index >= 15 is 0 Å². The van der Waals surface area contributed by atoms with Crippen molar-refractivity contribution in [2.24, 2.45) is 12.8 Å². The number of carbonyl (C=O) groups is 1. The third-order valence-electron chi connectivity index (χ3n) is 1.93. The summed E-state index contributed by atoms with van der Waals surface area (Å²) in [5.41, 5.74) is 4.82. The Hall–Kier alpha value is -1.01. The van der Waals surface area contributed by atoms with Crippen molar-refractivity contribution in [2.75, 3.05) is 12.9 Å². The number of nitrogens with zero attached hydrogens (tertiary/aromatic N) is 2. The van der Waals surface area contributed by atoms with Crippen molar-refractivity contribution in [3.63, 3.8) is 0 Å². The van der Waals surface area contributed by atoms with E-state index in [1.807, 2.05) is 17.8 Å². The molecule has 1 heterocycles. The Morgan fingerprint density at radius 2 is 2.47 bits per heavy atom. The molecule has 0 saturated carbocycles. The minimum Gasteiger partial charge on any atom is -0.468 e. The first-order chi connectivity index (χ1) is 6.97. The third kappa shape index (κ3) is 2.97. The molecule has 0 fully saturated rings. The summed E-state index contributed by atoms with van der Waals surface area (Å²) in [5, 5.41) is 0.829. The second-order valence-electron chi connectivity index (χ2n) is 3.52. The molecule has 84 valence electrons. The van der Waals surface area contributed by atoms with Crippen LogP contribution >= 0.6 is 11.8 Å². The van der Waals surface area contributed by atoms with Crippen LogP contribution in [-0.2, 0) is 16.6 Å². The van der Waals surface area contributed by atoms with Crippen LogP contribution in [0.15, 0.2) is 17.6 Å². The molecule has 1 rings (SSSR count). The molecule has 15 heavy (non-hydrogen) atoms. The van der Waals surface area contributed by atoms with Crippen LogP contribution in [0.3, 0.4) is 0 Å². The molecule has 0 radical (unpaired) electrons. The molecule has 0 aliphatic heterocycles. The van der Waals surface area contributed by atoms with Crippen LogP contribution < -0.4 is 5.73 Å². The monoisotopic (exact) mass is 229 g/mol. The molecule has 6 heteroatoms. The summed E-state index contributed by atoms with van der Waals surface area (Å²) in [4.78, 5) is 15.4. The fraction of sp³-hybridized carbons (Fsp3) is 0.556. The number of hydrogen-bond donors (Lipinski definition) is 1. The normalized spacial score (nSPS) is 14.7. The summed E-state index contributed by atoms with van der Waals surface area (Å²) in [6.07, 6.45) is 3.54. The van der Waals surface area contributed by atoms with Gasteiger partial charge in [-0.05, 0) is 6.92 Å². The number of ether oxygens (including phenoxy) is 1. The molecule has 1 aromatic heterocycles. The molecular formula is C9H15N3O2S. The van der Waals surface area contributed by atoms with Gasteiger partial charge < -0.3 is 15.0 Å². The van der Waals surface area contributed by atoms with Crippen LogP contribution in [0.4, 0.5) is 0 Å². The van der Waals surface area contributed by atoms with Gasteiger partial charge in [0.15, 0.2) is 5.16 Å². The SMILES string of the molecule is COC(=O)C(C)(N)CSc1nccn1C. The lowest BCUT2D eigenvalue weighted by molar-refractivity contribution is -0.145. The summed E-state index contributed by atoms with van der Waals surface area (Å²) in [5.74, 6) is 0.0223. The minimum atomic E-state index is -0.981. The number of thioether (sulfide) groups is 1. The van der Waals surface area contributed by atoms with Crippen LogP contribution in [0.2, 0.25) is 0 Å². The van der Waals surface area contributed by atoms with Crippen LogP contribution in [-0.4, -0.2) is 33.9 Å². The van der Waals surface area contributed by atoms with Gasteiger partial charge >= 0.3 is 5.97 Å². The maximum absolute atomic E-state index is 11.3. The smallest absolute Gasteiger partial charge is 0.326 e. The van der Waals surface area contributed by atoms with E-state index in [9.17, 15) is 4.79 Å². The molecule has 0 saturated heterocycles. The quantitative estimate of drug-likeness (QED) is 0.598. The third-order valence-corrected chi connectivity index (χ3v) is 3.33. The van der Waals surface area contributed by atoms with E-state index in [0.717, 1.165) is 5.16 Å². The highest BCUT2D eigenvalue weighted by Crippen LogP contribution is 2.19. The maximum Gasteiger partial charge on any atom is 0.326 e. The lowest BCUT2D eigenvalue weighted by Crippen LogP contribution is -2.48. The van der Waals surface area contributed by atoms with Crippen molar-refractivity contribution in [3.8, 4) is 0 Å². The molecule has 5 nitrogen and oxygen atoms in total. The fourth-order valence-electron chi connectivity index (χ4n) is 0.998. The predicted molar refractivity (Wildman–Crippen MR) is 58.5 cm³/mol. The zero-order valence-corrected chi connectivity index (χ0v) is 9.87. The zero-order valence-electron chi connectivity index (χ0n) is 9.06. The summed E-state index contributed by atoms with van der Waals surface area (Å²) in [6.45, 7) is 1.65. The molecule has 0 aliphatic carbocycles. The Labute approximate surface area is 93.0 Å². The van der Waals surface area contributed by atoms with E-state index in [1.165, 1.54) is 18.9 Å². The topological polar surface area (TPSA) is 70.1 Å². The van der Waals surface area contributed by atoms with Gasteiger partial charge in [-0.2, -0.15) is 0 Å². The second-order valence-corrected chi connectivity index (χ2v) is 4.46. The number of imidazole rings is 1. The number of nitrogens with two attached hydrogens (primary N) is 1. The molecular weight excluding hydrogens is 214 g/mol. The molecule has 0 bridgehead atoms. The van der Waals surface area contributed by atoms with Gasteiger partial charge in [0.05, 0.1) is 7.11 Å². The van der Waals surface area contributed by atoms with Crippen molar-refractivity contribution in [1.82, 2.24) is 9.55 Å². The summed E-state index contributed by atoms with van der Waals surface area (Å²) >= 11 is 1.43. The van der Waals surface area contributed by atoms with Crippen LogP contribution in [0, 0.1) is 0 Å². The standard InChI is InChI=1S/C9H15N3O2S/c1-9(10,7(13)14-3)6-15-8-11-4-5-12(8)2/h4-5H,6,10H2,1-3H3. The Morgan fingerprint density at radius 3 is 2.93 bits per heavy atom. The van der Waals surface area contributed by atoms with Crippen molar-refractivity contribution in [1.29, 1.82) is 0 Å². The molecule has 0 spiro atoms. The predicted octanol–water partition coefficient (Wildman–Crippen LogP) is 0.403.